The number of rotatable bonds is 17. The van der Waals surface area contributed by atoms with Crippen LogP contribution in [0.25, 0.3) is 0 Å². The molecule has 142 valence electrons. The molecule has 0 spiro atoms. The van der Waals surface area contributed by atoms with Crippen LogP contribution in [0.4, 0.5) is 0 Å². The second-order valence-electron chi connectivity index (χ2n) is 6.76. The first-order valence-electron chi connectivity index (χ1n) is 10.0. The normalized spacial score (nSPS) is 12.1. The zero-order chi connectivity index (χ0) is 18.0. The van der Waals surface area contributed by atoms with Gasteiger partial charge in [-0.3, -0.25) is 9.59 Å². The second-order valence-corrected chi connectivity index (χ2v) is 6.76. The summed E-state index contributed by atoms with van der Waals surface area (Å²) in [6, 6.07) is 0. The van der Waals surface area contributed by atoms with Crippen molar-refractivity contribution < 1.29 is 19.4 Å². The molecule has 0 aromatic rings. The number of hydrogen-bond acceptors (Lipinski definition) is 3. The van der Waals surface area contributed by atoms with Gasteiger partial charge in [0, 0.05) is 12.8 Å². The Morgan fingerprint density at radius 1 is 0.750 bits per heavy atom. The van der Waals surface area contributed by atoms with E-state index in [9.17, 15) is 9.59 Å². The predicted molar refractivity (Wildman–Crippen MR) is 98.1 cm³/mol. The molecule has 1 N–H and O–H groups in total. The first-order valence-corrected chi connectivity index (χ1v) is 10.0. The average molecular weight is 343 g/mol. The fourth-order valence-electron chi connectivity index (χ4n) is 2.87. The number of carbonyl (C=O) groups is 2. The monoisotopic (exact) mass is 342 g/mol. The van der Waals surface area contributed by atoms with Gasteiger partial charge in [0.15, 0.2) is 0 Å². The highest BCUT2D eigenvalue weighted by Crippen LogP contribution is 2.17. The lowest BCUT2D eigenvalue weighted by Crippen LogP contribution is -2.18. The maximum atomic E-state index is 11.8. The molecule has 0 aliphatic heterocycles. The van der Waals surface area contributed by atoms with Gasteiger partial charge in [-0.05, 0) is 38.5 Å². The van der Waals surface area contributed by atoms with Crippen molar-refractivity contribution in [3.05, 3.63) is 0 Å². The molecule has 0 aliphatic rings. The van der Waals surface area contributed by atoms with Gasteiger partial charge in [-0.25, -0.2) is 0 Å². The Hall–Kier alpha value is -1.06. The van der Waals surface area contributed by atoms with Crippen LogP contribution >= 0.6 is 0 Å². The number of aliphatic carboxylic acids is 1. The summed E-state index contributed by atoms with van der Waals surface area (Å²) in [5.74, 6) is -0.788. The molecule has 0 aliphatic carbocycles. The van der Waals surface area contributed by atoms with E-state index >= 15 is 0 Å². The summed E-state index contributed by atoms with van der Waals surface area (Å²) in [6.07, 6.45) is 14.8. The molecule has 0 rings (SSSR count). The topological polar surface area (TPSA) is 63.6 Å². The maximum absolute atomic E-state index is 11.8. The Kier molecular flexibility index (Phi) is 16.0. The van der Waals surface area contributed by atoms with Gasteiger partial charge in [0.2, 0.25) is 0 Å². The highest BCUT2D eigenvalue weighted by atomic mass is 16.5. The minimum Gasteiger partial charge on any atom is -0.481 e. The zero-order valence-corrected chi connectivity index (χ0v) is 15.9. The molecule has 24 heavy (non-hydrogen) atoms. The quantitative estimate of drug-likeness (QED) is 0.265. The van der Waals surface area contributed by atoms with Crippen LogP contribution in [0.15, 0.2) is 0 Å². The summed E-state index contributed by atoms with van der Waals surface area (Å²) in [5, 5.41) is 8.62. The third-order valence-electron chi connectivity index (χ3n) is 4.30. The Labute approximate surface area is 148 Å². The molecule has 0 fully saturated rings. The van der Waals surface area contributed by atoms with Gasteiger partial charge in [0.1, 0.15) is 6.10 Å². The van der Waals surface area contributed by atoms with Crippen LogP contribution in [0, 0.1) is 0 Å². The molecule has 0 radical (unpaired) electrons. The van der Waals surface area contributed by atoms with Crippen molar-refractivity contribution in [1.82, 2.24) is 0 Å². The highest BCUT2D eigenvalue weighted by Gasteiger charge is 2.13. The molecule has 0 amide bonds. The fourth-order valence-corrected chi connectivity index (χ4v) is 2.87. The Morgan fingerprint density at radius 3 is 1.83 bits per heavy atom. The molecule has 0 aromatic carbocycles. The number of carbonyl (C=O) groups excluding carboxylic acids is 1. The van der Waals surface area contributed by atoms with Crippen LogP contribution in [0.2, 0.25) is 0 Å². The third-order valence-corrected chi connectivity index (χ3v) is 4.30. The van der Waals surface area contributed by atoms with E-state index in [-0.39, 0.29) is 18.5 Å². The fraction of sp³-hybridized carbons (Fsp3) is 0.900. The summed E-state index contributed by atoms with van der Waals surface area (Å²) in [6.45, 7) is 4.21. The van der Waals surface area contributed by atoms with Crippen molar-refractivity contribution in [1.29, 1.82) is 0 Å². The van der Waals surface area contributed by atoms with Gasteiger partial charge in [-0.2, -0.15) is 0 Å². The summed E-state index contributed by atoms with van der Waals surface area (Å²) >= 11 is 0. The summed E-state index contributed by atoms with van der Waals surface area (Å²) in [5.41, 5.74) is 0. The van der Waals surface area contributed by atoms with Crippen molar-refractivity contribution in [2.75, 3.05) is 0 Å². The molecule has 4 heteroatoms. The Balaban J connectivity index is 3.91. The van der Waals surface area contributed by atoms with E-state index in [1.807, 2.05) is 6.92 Å². The van der Waals surface area contributed by atoms with E-state index in [1.54, 1.807) is 0 Å². The number of carboxylic acid groups (broad SMARTS) is 1. The Bertz CT molecular complexity index is 315. The molecule has 0 heterocycles. The van der Waals surface area contributed by atoms with Crippen molar-refractivity contribution >= 4 is 11.9 Å². The summed E-state index contributed by atoms with van der Waals surface area (Å²) in [4.78, 5) is 22.2. The van der Waals surface area contributed by atoms with Crippen LogP contribution in [-0.4, -0.2) is 23.1 Å². The van der Waals surface area contributed by atoms with Crippen LogP contribution in [0.3, 0.4) is 0 Å². The molecule has 4 nitrogen and oxygen atoms in total. The maximum Gasteiger partial charge on any atom is 0.306 e. The number of unbranched alkanes of at least 4 members (excludes halogenated alkanes) is 8. The number of hydrogen-bond donors (Lipinski definition) is 1. The molecule has 0 aromatic heterocycles. The number of carboxylic acids is 1. The van der Waals surface area contributed by atoms with Gasteiger partial charge in [-0.1, -0.05) is 58.8 Å². The molecule has 0 saturated carbocycles. The van der Waals surface area contributed by atoms with Crippen LogP contribution < -0.4 is 0 Å². The predicted octanol–water partition coefficient (Wildman–Crippen LogP) is 5.87. The van der Waals surface area contributed by atoms with Crippen LogP contribution in [0.1, 0.15) is 110 Å². The van der Waals surface area contributed by atoms with Gasteiger partial charge in [0.25, 0.3) is 0 Å². The molecule has 0 bridgehead atoms. The van der Waals surface area contributed by atoms with E-state index in [0.717, 1.165) is 51.4 Å². The van der Waals surface area contributed by atoms with E-state index in [4.69, 9.17) is 9.84 Å². The zero-order valence-electron chi connectivity index (χ0n) is 15.9. The van der Waals surface area contributed by atoms with E-state index in [2.05, 4.69) is 6.92 Å². The van der Waals surface area contributed by atoms with Crippen molar-refractivity contribution in [2.24, 2.45) is 0 Å². The number of ether oxygens (including phenoxy) is 1. The molecule has 1 unspecified atom stereocenters. The smallest absolute Gasteiger partial charge is 0.306 e. The second kappa shape index (κ2) is 16.8. The SMILES string of the molecule is CCCCCCCCC(CCCCCCC(=O)O)OC(=O)CCC. The van der Waals surface area contributed by atoms with E-state index in [0.29, 0.717) is 6.42 Å². The lowest BCUT2D eigenvalue weighted by atomic mass is 10.0. The summed E-state index contributed by atoms with van der Waals surface area (Å²) < 4.78 is 5.63. The van der Waals surface area contributed by atoms with Crippen LogP contribution in [-0.2, 0) is 14.3 Å². The Morgan fingerprint density at radius 2 is 1.29 bits per heavy atom. The first kappa shape index (κ1) is 22.9. The largest absolute Gasteiger partial charge is 0.481 e. The van der Waals surface area contributed by atoms with Crippen LogP contribution in [0.5, 0.6) is 0 Å². The standard InChI is InChI=1S/C20H38O4/c1-3-5-6-7-8-11-15-18(24-20(23)14-4-2)16-12-9-10-13-17-19(21)22/h18H,3-17H2,1-2H3,(H,21,22). The van der Waals surface area contributed by atoms with E-state index in [1.165, 1.54) is 32.1 Å². The molecule has 0 saturated heterocycles. The lowest BCUT2D eigenvalue weighted by molar-refractivity contribution is -0.150. The first-order chi connectivity index (χ1) is 11.6. The minimum atomic E-state index is -0.718. The van der Waals surface area contributed by atoms with Gasteiger partial charge in [-0.15, -0.1) is 0 Å². The summed E-state index contributed by atoms with van der Waals surface area (Å²) in [7, 11) is 0. The van der Waals surface area contributed by atoms with E-state index < -0.39 is 5.97 Å². The van der Waals surface area contributed by atoms with Gasteiger partial charge >= 0.3 is 11.9 Å². The van der Waals surface area contributed by atoms with Crippen molar-refractivity contribution in [2.45, 2.75) is 116 Å². The highest BCUT2D eigenvalue weighted by molar-refractivity contribution is 5.69. The molecular weight excluding hydrogens is 304 g/mol. The third kappa shape index (κ3) is 15.8. The van der Waals surface area contributed by atoms with Gasteiger partial charge in [0.05, 0.1) is 0 Å². The van der Waals surface area contributed by atoms with Crippen molar-refractivity contribution in [3.63, 3.8) is 0 Å². The average Bonchev–Trinajstić information content (AvgIpc) is 2.53. The lowest BCUT2D eigenvalue weighted by Gasteiger charge is -2.18. The van der Waals surface area contributed by atoms with Gasteiger partial charge < -0.3 is 9.84 Å². The molecular formula is C20H38O4. The number of esters is 1. The molecule has 1 atom stereocenters. The minimum absolute atomic E-state index is 0.0506. The van der Waals surface area contributed by atoms with Crippen molar-refractivity contribution in [3.8, 4) is 0 Å².